The average Bonchev–Trinajstić information content (AvgIpc) is 3.42. The van der Waals surface area contributed by atoms with Crippen LogP contribution in [0.25, 0.3) is 17.4 Å². The first-order chi connectivity index (χ1) is 29.6. The van der Waals surface area contributed by atoms with Gasteiger partial charge in [0.25, 0.3) is 0 Å². The van der Waals surface area contributed by atoms with Crippen molar-refractivity contribution in [2.24, 2.45) is 0 Å². The normalized spacial score (nSPS) is 17.3. The Kier molecular flexibility index (Phi) is 19.1. The lowest BCUT2D eigenvalue weighted by Crippen LogP contribution is -2.35. The second-order valence-electron chi connectivity index (χ2n) is 16.4. The third kappa shape index (κ3) is 15.8. The fourth-order valence-corrected chi connectivity index (χ4v) is 8.79. The van der Waals surface area contributed by atoms with E-state index in [1.807, 2.05) is 73.6 Å². The van der Waals surface area contributed by atoms with Crippen LogP contribution in [0.2, 0.25) is 0 Å². The van der Waals surface area contributed by atoms with Gasteiger partial charge in [0.2, 0.25) is 5.36 Å². The number of ether oxygens (including phenoxy) is 4. The Morgan fingerprint density at radius 2 is 1.44 bits per heavy atom. The molecule has 0 spiro atoms. The maximum Gasteiger partial charge on any atom is 0.203 e. The highest BCUT2D eigenvalue weighted by Gasteiger charge is 2.43. The molecule has 1 N–H and O–H groups in total. The first kappa shape index (κ1) is 52.1. The van der Waals surface area contributed by atoms with E-state index in [9.17, 15) is 44.0 Å². The molecule has 1 unspecified atom stereocenters. The molecule has 0 aromatic heterocycles. The molecule has 0 bridgehead atoms. The van der Waals surface area contributed by atoms with Crippen molar-refractivity contribution in [2.45, 2.75) is 69.1 Å². The molecule has 20 heteroatoms. The van der Waals surface area contributed by atoms with Crippen molar-refractivity contribution in [3.05, 3.63) is 82.6 Å². The number of hydrogen-bond acceptors (Lipinski definition) is 16. The number of benzene rings is 2. The Labute approximate surface area is 371 Å². The molecule has 0 radical (unpaired) electrons. The number of anilines is 1. The van der Waals surface area contributed by atoms with Gasteiger partial charge in [0.05, 0.1) is 70.8 Å². The number of hydrogen-bond donors (Lipinski definition) is 1. The van der Waals surface area contributed by atoms with E-state index in [0.717, 1.165) is 11.1 Å². The summed E-state index contributed by atoms with van der Waals surface area (Å²) in [7, 11) is -12.2. The fourth-order valence-electron chi connectivity index (χ4n) is 7.33. The topological polar surface area (TPSA) is 248 Å². The zero-order valence-corrected chi connectivity index (χ0v) is 39.0. The Hall–Kier alpha value is -3.54. The minimum absolute atomic E-state index is 0.0256. The molecule has 0 amide bonds. The molecule has 0 saturated carbocycles. The zero-order valence-electron chi connectivity index (χ0n) is 36.6. The molecular weight excluding hydrogens is 881 g/mol. The monoisotopic (exact) mass is 940 g/mol. The van der Waals surface area contributed by atoms with Gasteiger partial charge in [-0.1, -0.05) is 32.9 Å². The minimum Gasteiger partial charge on any atom is -0.748 e. The Morgan fingerprint density at radius 1 is 0.810 bits per heavy atom. The summed E-state index contributed by atoms with van der Waals surface area (Å²) in [6, 6.07) is 11.6. The second-order valence-corrected chi connectivity index (χ2v) is 20.8. The van der Waals surface area contributed by atoms with Crippen molar-refractivity contribution >= 4 is 42.1 Å². The molecule has 3 aliphatic rings. The maximum absolute atomic E-state index is 12.1. The smallest absolute Gasteiger partial charge is 0.203 e. The van der Waals surface area contributed by atoms with Crippen LogP contribution < -0.4 is 14.8 Å². The quantitative estimate of drug-likeness (QED) is 0.0688. The number of aliphatic hydroxyl groups is 1. The van der Waals surface area contributed by atoms with Crippen molar-refractivity contribution in [1.29, 1.82) is 0 Å². The van der Waals surface area contributed by atoms with E-state index in [1.54, 1.807) is 13.2 Å². The van der Waals surface area contributed by atoms with Gasteiger partial charge in [-0.15, -0.1) is 0 Å². The molecule has 0 saturated heterocycles. The zero-order chi connectivity index (χ0) is 46.5. The van der Waals surface area contributed by atoms with Crippen molar-refractivity contribution in [3.8, 4) is 11.3 Å². The molecule has 1 aliphatic carbocycles. The number of allylic oxidation sites excluding steroid dienone is 3. The summed E-state index contributed by atoms with van der Waals surface area (Å²) in [5, 5.41) is 10.6. The third-order valence-corrected chi connectivity index (χ3v) is 12.9. The molecule has 4 rings (SSSR count). The molecule has 1 aromatic carbocycles. The van der Waals surface area contributed by atoms with Crippen molar-refractivity contribution in [3.63, 3.8) is 0 Å². The van der Waals surface area contributed by atoms with Crippen LogP contribution in [0, 0.1) is 0 Å². The average molecular weight is 941 g/mol. The summed E-state index contributed by atoms with van der Waals surface area (Å²) >= 11 is 0. The molecule has 17 nitrogen and oxygen atoms in total. The Morgan fingerprint density at radius 3 is 2.05 bits per heavy atom. The van der Waals surface area contributed by atoms with Gasteiger partial charge in [-0.2, -0.15) is 0 Å². The molecule has 1 aromatic rings. The van der Waals surface area contributed by atoms with Crippen LogP contribution in [-0.4, -0.2) is 135 Å². The second kappa shape index (κ2) is 23.1. The standard InChI is InChI=1S/C43H62N2O15S3/c1-42(2,3)41-30-33(10-6-11-40-43(4,16-7-20-46)37-32-35(63(53,54)55)13-15-38(37)45(40)18-9-29-62(50,51)52)36-14-12-34(31-39(36)60-41)44(17-8-28-61(47,48)49)19-21-57-24-25-59-27-26-58-23-22-56-5/h6,10-15,30-32,46H,7-9,16-29H2,1-5H3,(H2-,47,48,49,50,51,52,53,54,55)/p-2. The van der Waals surface area contributed by atoms with Gasteiger partial charge in [-0.05, 0) is 73.7 Å². The van der Waals surface area contributed by atoms with E-state index in [-0.39, 0.29) is 39.1 Å². The predicted molar refractivity (Wildman–Crippen MR) is 234 cm³/mol. The molecular formula is C43H60N2O15S3-2. The Balaban J connectivity index is 1.74. The summed E-state index contributed by atoms with van der Waals surface area (Å²) in [5.74, 6) is 0.0370. The lowest BCUT2D eigenvalue weighted by atomic mass is 9.77. The minimum atomic E-state index is -4.83. The highest BCUT2D eigenvalue weighted by atomic mass is 32.2. The van der Waals surface area contributed by atoms with E-state index in [1.165, 1.54) is 18.2 Å². The maximum atomic E-state index is 12.1. The summed E-state index contributed by atoms with van der Waals surface area (Å²) in [5.41, 5.74) is 1.86. The molecule has 2 heterocycles. The van der Waals surface area contributed by atoms with Crippen LogP contribution in [-0.2, 0) is 60.1 Å². The van der Waals surface area contributed by atoms with Gasteiger partial charge in [0, 0.05) is 72.0 Å². The summed E-state index contributed by atoms with van der Waals surface area (Å²) in [6.07, 6.45) is 6.25. The van der Waals surface area contributed by atoms with Gasteiger partial charge < -0.3 is 47.0 Å². The van der Waals surface area contributed by atoms with Gasteiger partial charge in [0.15, 0.2) is 6.54 Å². The first-order valence-electron chi connectivity index (χ1n) is 20.7. The summed E-state index contributed by atoms with van der Waals surface area (Å²) in [4.78, 5) is 1.39. The van der Waals surface area contributed by atoms with Crippen LogP contribution >= 0.6 is 0 Å². The highest BCUT2D eigenvalue weighted by molar-refractivity contribution is 7.86. The van der Waals surface area contributed by atoms with E-state index in [4.69, 9.17) is 23.4 Å². The predicted octanol–water partition coefficient (Wildman–Crippen LogP) is 3.37. The lowest BCUT2D eigenvalue weighted by molar-refractivity contribution is 0.00371. The third-order valence-electron chi connectivity index (χ3n) is 10.5. The van der Waals surface area contributed by atoms with E-state index in [2.05, 4.69) is 0 Å². The summed E-state index contributed by atoms with van der Waals surface area (Å²) in [6.45, 7) is 11.2. The van der Waals surface area contributed by atoms with Crippen molar-refractivity contribution < 1.29 is 67.4 Å². The van der Waals surface area contributed by atoms with Crippen molar-refractivity contribution in [1.82, 2.24) is 4.58 Å². The van der Waals surface area contributed by atoms with Gasteiger partial charge >= 0.3 is 0 Å². The molecule has 0 fully saturated rings. The first-order valence-corrected chi connectivity index (χ1v) is 25.3. The number of rotatable bonds is 26. The van der Waals surface area contributed by atoms with Crippen LogP contribution in [0.15, 0.2) is 69.6 Å². The van der Waals surface area contributed by atoms with Gasteiger partial charge in [0.1, 0.15) is 34.8 Å². The van der Waals surface area contributed by atoms with Gasteiger partial charge in [-0.25, -0.2) is 29.8 Å². The van der Waals surface area contributed by atoms with E-state index < -0.39 is 57.6 Å². The highest BCUT2D eigenvalue weighted by Crippen LogP contribution is 2.51. The number of methoxy groups -OCH3 is 1. The fraction of sp³-hybridized carbons (Fsp3) is 0.558. The van der Waals surface area contributed by atoms with Crippen LogP contribution in [0.5, 0.6) is 0 Å². The van der Waals surface area contributed by atoms with Crippen LogP contribution in [0.4, 0.5) is 5.69 Å². The SMILES string of the molecule is COCCOCCOCCOCC[N+](CCCS(=O)(=O)[O-])=c1ccc2c(/C=C/C=C3\N(CCCS(=O)(=O)[O-])c4ccc(S(=O)(=O)[O-])cc4C3(C)CCCO)cc(C(C)(C)C)oc-2c1. The van der Waals surface area contributed by atoms with Crippen LogP contribution in [0.3, 0.4) is 0 Å². The van der Waals surface area contributed by atoms with Gasteiger partial charge in [-0.3, -0.25) is 0 Å². The number of fused-ring (bicyclic) bond motifs is 2. The lowest BCUT2D eigenvalue weighted by Gasteiger charge is -2.30. The number of aliphatic hydroxyl groups excluding tert-OH is 1. The van der Waals surface area contributed by atoms with Crippen molar-refractivity contribution in [2.75, 3.05) is 96.0 Å². The van der Waals surface area contributed by atoms with E-state index >= 15 is 0 Å². The largest absolute Gasteiger partial charge is 0.748 e. The summed E-state index contributed by atoms with van der Waals surface area (Å²) < 4.78 is 136. The number of nitrogens with zero attached hydrogens (tertiary/aromatic N) is 2. The Bertz CT molecular complexity index is 2420. The molecule has 1 atom stereocenters. The molecule has 63 heavy (non-hydrogen) atoms. The molecule has 352 valence electrons. The van der Waals surface area contributed by atoms with Crippen LogP contribution in [0.1, 0.15) is 70.3 Å². The molecule has 2 aliphatic heterocycles. The van der Waals surface area contributed by atoms with E-state index in [0.29, 0.717) is 92.9 Å².